The average molecular weight is 237 g/mol. The highest BCUT2D eigenvalue weighted by molar-refractivity contribution is 5.65. The van der Waals surface area contributed by atoms with E-state index in [0.717, 1.165) is 13.0 Å². The van der Waals surface area contributed by atoms with Crippen LogP contribution in [-0.4, -0.2) is 11.7 Å². The molecule has 2 aromatic rings. The molecule has 2 heteroatoms. The van der Waals surface area contributed by atoms with Crippen LogP contribution in [0.25, 0.3) is 6.08 Å². The van der Waals surface area contributed by atoms with Crippen LogP contribution in [0.2, 0.25) is 0 Å². The average Bonchev–Trinajstić information content (AvgIpc) is 2.80. The molecule has 0 atom stereocenters. The minimum absolute atomic E-state index is 0.350. The normalized spacial score (nSPS) is 14.1. The van der Waals surface area contributed by atoms with Gasteiger partial charge in [-0.3, -0.25) is 0 Å². The number of benzene rings is 2. The zero-order valence-electron chi connectivity index (χ0n) is 10.1. The molecule has 2 aromatic carbocycles. The zero-order chi connectivity index (χ0) is 12.4. The number of rotatable bonds is 2. The monoisotopic (exact) mass is 237 g/mol. The van der Waals surface area contributed by atoms with E-state index in [1.807, 2.05) is 30.3 Å². The Kier molecular flexibility index (Phi) is 2.77. The summed E-state index contributed by atoms with van der Waals surface area (Å²) < 4.78 is 0. The first-order valence-corrected chi connectivity index (χ1v) is 6.15. The minimum atomic E-state index is 0.350. The summed E-state index contributed by atoms with van der Waals surface area (Å²) in [6.45, 7) is 0.974. The molecule has 3 rings (SSSR count). The molecule has 0 amide bonds. The third-order valence-corrected chi connectivity index (χ3v) is 3.24. The van der Waals surface area contributed by atoms with Crippen molar-refractivity contribution in [2.24, 2.45) is 0 Å². The molecule has 0 bridgehead atoms. The van der Waals surface area contributed by atoms with Gasteiger partial charge in [0, 0.05) is 18.4 Å². The number of hydrogen-bond donors (Lipinski definition) is 1. The van der Waals surface area contributed by atoms with Crippen LogP contribution < -0.4 is 4.90 Å². The molecule has 1 heterocycles. The number of anilines is 1. The highest BCUT2D eigenvalue weighted by Gasteiger charge is 2.16. The van der Waals surface area contributed by atoms with Gasteiger partial charge in [-0.15, -0.1) is 0 Å². The molecule has 0 saturated heterocycles. The fourth-order valence-electron chi connectivity index (χ4n) is 2.31. The van der Waals surface area contributed by atoms with E-state index >= 15 is 0 Å². The fraction of sp³-hybridized carbons (Fsp3) is 0.125. The maximum Gasteiger partial charge on any atom is 0.116 e. The zero-order valence-corrected chi connectivity index (χ0v) is 10.1. The van der Waals surface area contributed by atoms with E-state index in [2.05, 4.69) is 29.3 Å². The van der Waals surface area contributed by atoms with Crippen LogP contribution in [0.15, 0.2) is 54.7 Å². The second-order valence-electron chi connectivity index (χ2n) is 4.48. The Morgan fingerprint density at radius 3 is 2.72 bits per heavy atom. The van der Waals surface area contributed by atoms with Crippen molar-refractivity contribution in [1.29, 1.82) is 0 Å². The first-order chi connectivity index (χ1) is 8.83. The van der Waals surface area contributed by atoms with Crippen LogP contribution in [0.5, 0.6) is 5.75 Å². The van der Waals surface area contributed by atoms with Crippen molar-refractivity contribution in [3.05, 3.63) is 65.9 Å². The Bertz CT molecular complexity index is 575. The predicted octanol–water partition coefficient (Wildman–Crippen LogP) is 3.43. The Balaban J connectivity index is 1.83. The number of aromatic hydroxyl groups is 1. The molecule has 0 spiro atoms. The van der Waals surface area contributed by atoms with Crippen LogP contribution in [0.4, 0.5) is 5.69 Å². The van der Waals surface area contributed by atoms with Crippen molar-refractivity contribution in [2.45, 2.75) is 6.42 Å². The van der Waals surface area contributed by atoms with Gasteiger partial charge in [-0.25, -0.2) is 0 Å². The standard InChI is InChI=1S/C16H15NO/c18-15-6-7-16-14(12-15)9-11-17(16)10-8-13-4-2-1-3-5-13/h1-8,10,12,18H,9,11H2. The van der Waals surface area contributed by atoms with Crippen LogP contribution >= 0.6 is 0 Å². The van der Waals surface area contributed by atoms with Gasteiger partial charge in [-0.2, -0.15) is 0 Å². The van der Waals surface area contributed by atoms with Gasteiger partial charge in [0.25, 0.3) is 0 Å². The number of phenols is 1. The SMILES string of the molecule is Oc1ccc2c(c1)CCN2C=Cc1ccccc1. The molecule has 0 saturated carbocycles. The smallest absolute Gasteiger partial charge is 0.116 e. The highest BCUT2D eigenvalue weighted by Crippen LogP contribution is 2.31. The maximum atomic E-state index is 9.45. The third-order valence-electron chi connectivity index (χ3n) is 3.24. The summed E-state index contributed by atoms with van der Waals surface area (Å²) in [7, 11) is 0. The lowest BCUT2D eigenvalue weighted by Gasteiger charge is -2.13. The molecule has 2 nitrogen and oxygen atoms in total. The minimum Gasteiger partial charge on any atom is -0.508 e. The van der Waals surface area contributed by atoms with Gasteiger partial charge < -0.3 is 10.0 Å². The Morgan fingerprint density at radius 1 is 1.06 bits per heavy atom. The molecule has 0 aromatic heterocycles. The van der Waals surface area contributed by atoms with E-state index in [-0.39, 0.29) is 0 Å². The van der Waals surface area contributed by atoms with E-state index in [9.17, 15) is 5.11 Å². The summed E-state index contributed by atoms with van der Waals surface area (Å²) in [5.41, 5.74) is 3.61. The maximum absolute atomic E-state index is 9.45. The summed E-state index contributed by atoms with van der Waals surface area (Å²) in [4.78, 5) is 2.22. The Labute approximate surface area is 107 Å². The number of phenolic OH excluding ortho intramolecular Hbond substituents is 1. The molecule has 1 aliphatic rings. The molecular formula is C16H15NO. The van der Waals surface area contributed by atoms with Crippen LogP contribution in [0.1, 0.15) is 11.1 Å². The molecule has 1 N–H and O–H groups in total. The third kappa shape index (κ3) is 2.09. The van der Waals surface area contributed by atoms with Crippen molar-refractivity contribution in [1.82, 2.24) is 0 Å². The van der Waals surface area contributed by atoms with Gasteiger partial charge in [0.05, 0.1) is 0 Å². The van der Waals surface area contributed by atoms with E-state index in [1.165, 1.54) is 16.8 Å². The molecule has 90 valence electrons. The van der Waals surface area contributed by atoms with Crippen LogP contribution in [-0.2, 0) is 6.42 Å². The lowest BCUT2D eigenvalue weighted by Crippen LogP contribution is -2.11. The lowest BCUT2D eigenvalue weighted by atomic mass is 10.1. The first kappa shape index (κ1) is 10.9. The summed E-state index contributed by atoms with van der Waals surface area (Å²) >= 11 is 0. The van der Waals surface area contributed by atoms with Gasteiger partial charge in [0.15, 0.2) is 0 Å². The molecule has 0 radical (unpaired) electrons. The summed E-state index contributed by atoms with van der Waals surface area (Å²) in [5.74, 6) is 0.350. The fourth-order valence-corrected chi connectivity index (χ4v) is 2.31. The first-order valence-electron chi connectivity index (χ1n) is 6.15. The second-order valence-corrected chi connectivity index (χ2v) is 4.48. The van der Waals surface area contributed by atoms with Crippen molar-refractivity contribution in [2.75, 3.05) is 11.4 Å². The predicted molar refractivity (Wildman–Crippen MR) is 74.6 cm³/mol. The van der Waals surface area contributed by atoms with E-state index in [0.29, 0.717) is 5.75 Å². The second kappa shape index (κ2) is 4.57. The Morgan fingerprint density at radius 2 is 1.89 bits per heavy atom. The molecule has 1 aliphatic heterocycles. The van der Waals surface area contributed by atoms with E-state index in [4.69, 9.17) is 0 Å². The van der Waals surface area contributed by atoms with Crippen LogP contribution in [0, 0.1) is 0 Å². The molecular weight excluding hydrogens is 222 g/mol. The lowest BCUT2D eigenvalue weighted by molar-refractivity contribution is 0.475. The van der Waals surface area contributed by atoms with Crippen molar-refractivity contribution in [3.8, 4) is 5.75 Å². The topological polar surface area (TPSA) is 23.5 Å². The number of nitrogens with zero attached hydrogens (tertiary/aromatic N) is 1. The van der Waals surface area contributed by atoms with Crippen LogP contribution in [0.3, 0.4) is 0 Å². The summed E-state index contributed by atoms with van der Waals surface area (Å²) in [6, 6.07) is 15.8. The molecule has 18 heavy (non-hydrogen) atoms. The van der Waals surface area contributed by atoms with E-state index < -0.39 is 0 Å². The molecule has 0 unspecified atom stereocenters. The summed E-state index contributed by atoms with van der Waals surface area (Å²) in [5, 5.41) is 9.45. The van der Waals surface area contributed by atoms with Gasteiger partial charge in [0.1, 0.15) is 5.75 Å². The molecule has 0 fully saturated rings. The largest absolute Gasteiger partial charge is 0.508 e. The highest BCUT2D eigenvalue weighted by atomic mass is 16.3. The van der Waals surface area contributed by atoms with Gasteiger partial charge >= 0.3 is 0 Å². The van der Waals surface area contributed by atoms with Crippen molar-refractivity contribution >= 4 is 11.8 Å². The number of hydrogen-bond acceptors (Lipinski definition) is 2. The van der Waals surface area contributed by atoms with Crippen molar-refractivity contribution in [3.63, 3.8) is 0 Å². The van der Waals surface area contributed by atoms with E-state index in [1.54, 1.807) is 6.07 Å². The quantitative estimate of drug-likeness (QED) is 0.865. The summed E-state index contributed by atoms with van der Waals surface area (Å²) in [6.07, 6.45) is 5.21. The van der Waals surface area contributed by atoms with Gasteiger partial charge in [0.2, 0.25) is 0 Å². The van der Waals surface area contributed by atoms with Gasteiger partial charge in [-0.05, 0) is 41.8 Å². The molecule has 0 aliphatic carbocycles. The number of fused-ring (bicyclic) bond motifs is 1. The van der Waals surface area contributed by atoms with Gasteiger partial charge in [-0.1, -0.05) is 30.3 Å². The van der Waals surface area contributed by atoms with Crippen molar-refractivity contribution < 1.29 is 5.11 Å². The Hall–Kier alpha value is -2.22.